The van der Waals surface area contributed by atoms with Crippen molar-refractivity contribution in [1.29, 1.82) is 0 Å². The second-order valence-corrected chi connectivity index (χ2v) is 4.02. The third-order valence-corrected chi connectivity index (χ3v) is 2.54. The Bertz CT molecular complexity index is 508. The van der Waals surface area contributed by atoms with Crippen LogP contribution < -0.4 is 5.32 Å². The van der Waals surface area contributed by atoms with Gasteiger partial charge >= 0.3 is 6.03 Å². The molecule has 1 aromatic rings. The number of aryl methyl sites for hydroxylation is 2. The van der Waals surface area contributed by atoms with E-state index >= 15 is 0 Å². The molecule has 2 rings (SSSR count). The molecular weight excluding hydrogens is 218 g/mol. The molecule has 17 heavy (non-hydrogen) atoms. The topological polar surface area (TPSA) is 61.8 Å². The summed E-state index contributed by atoms with van der Waals surface area (Å²) in [7, 11) is 0. The number of hydrogen-bond donors (Lipinski definition) is 1. The molecule has 88 valence electrons. The number of carbonyl (C=O) groups is 2. The van der Waals surface area contributed by atoms with Gasteiger partial charge in [0.1, 0.15) is 6.54 Å². The van der Waals surface area contributed by atoms with E-state index in [2.05, 4.69) is 10.4 Å². The van der Waals surface area contributed by atoms with Crippen molar-refractivity contribution >= 4 is 18.2 Å². The van der Waals surface area contributed by atoms with Crippen LogP contribution in [0.5, 0.6) is 0 Å². The highest BCUT2D eigenvalue weighted by Gasteiger charge is 2.25. The van der Waals surface area contributed by atoms with Gasteiger partial charge in [0.2, 0.25) is 5.91 Å². The Morgan fingerprint density at radius 3 is 2.71 bits per heavy atom. The molecular formula is C12H13N3O2. The molecule has 0 radical (unpaired) electrons. The van der Waals surface area contributed by atoms with Crippen LogP contribution in [0.4, 0.5) is 4.79 Å². The number of nitrogens with zero attached hydrogens (tertiary/aromatic N) is 2. The molecule has 0 aliphatic carbocycles. The van der Waals surface area contributed by atoms with Crippen LogP contribution in [0.25, 0.3) is 0 Å². The largest absolute Gasteiger partial charge is 0.344 e. The van der Waals surface area contributed by atoms with E-state index in [0.717, 1.165) is 16.1 Å². The SMILES string of the molecule is Cc1ccc(/C=N/N2CC(=O)NC2=O)c(C)c1. The lowest BCUT2D eigenvalue weighted by Gasteiger charge is -2.05. The zero-order valence-corrected chi connectivity index (χ0v) is 9.73. The molecule has 1 heterocycles. The van der Waals surface area contributed by atoms with Crippen molar-refractivity contribution in [2.45, 2.75) is 13.8 Å². The Kier molecular flexibility index (Phi) is 2.91. The maximum absolute atomic E-state index is 11.2. The summed E-state index contributed by atoms with van der Waals surface area (Å²) in [4.78, 5) is 22.2. The molecule has 3 amide bonds. The molecule has 0 unspecified atom stereocenters. The summed E-state index contributed by atoms with van der Waals surface area (Å²) in [6.07, 6.45) is 1.59. The predicted molar refractivity (Wildman–Crippen MR) is 63.8 cm³/mol. The fourth-order valence-electron chi connectivity index (χ4n) is 1.63. The van der Waals surface area contributed by atoms with E-state index in [4.69, 9.17) is 0 Å². The molecule has 0 saturated carbocycles. The van der Waals surface area contributed by atoms with Crippen LogP contribution in [0.1, 0.15) is 16.7 Å². The molecule has 0 aromatic heterocycles. The summed E-state index contributed by atoms with van der Waals surface area (Å²) in [6.45, 7) is 3.98. The summed E-state index contributed by atoms with van der Waals surface area (Å²) < 4.78 is 0. The van der Waals surface area contributed by atoms with Gasteiger partial charge in [-0.1, -0.05) is 23.8 Å². The van der Waals surface area contributed by atoms with Crippen molar-refractivity contribution < 1.29 is 9.59 Å². The number of amides is 3. The van der Waals surface area contributed by atoms with Crippen molar-refractivity contribution in [3.05, 3.63) is 34.9 Å². The molecule has 5 nitrogen and oxygen atoms in total. The molecule has 5 heteroatoms. The van der Waals surface area contributed by atoms with E-state index < -0.39 is 6.03 Å². The van der Waals surface area contributed by atoms with Gasteiger partial charge in [0.25, 0.3) is 0 Å². The van der Waals surface area contributed by atoms with E-state index in [-0.39, 0.29) is 12.5 Å². The quantitative estimate of drug-likeness (QED) is 0.614. The maximum Gasteiger partial charge on any atom is 0.344 e. The lowest BCUT2D eigenvalue weighted by Crippen LogP contribution is -2.24. The van der Waals surface area contributed by atoms with Crippen LogP contribution in [-0.4, -0.2) is 29.7 Å². The van der Waals surface area contributed by atoms with Crippen LogP contribution >= 0.6 is 0 Å². The zero-order valence-electron chi connectivity index (χ0n) is 9.73. The molecule has 1 aliphatic heterocycles. The summed E-state index contributed by atoms with van der Waals surface area (Å²) in [6, 6.07) is 5.47. The highest BCUT2D eigenvalue weighted by atomic mass is 16.2. The molecule has 1 saturated heterocycles. The van der Waals surface area contributed by atoms with Crippen LogP contribution in [-0.2, 0) is 4.79 Å². The Morgan fingerprint density at radius 2 is 2.12 bits per heavy atom. The molecule has 1 aromatic carbocycles. The smallest absolute Gasteiger partial charge is 0.275 e. The Hall–Kier alpha value is -2.17. The lowest BCUT2D eigenvalue weighted by atomic mass is 10.1. The van der Waals surface area contributed by atoms with Gasteiger partial charge in [-0.05, 0) is 25.0 Å². The van der Waals surface area contributed by atoms with Gasteiger partial charge in [0.15, 0.2) is 0 Å². The van der Waals surface area contributed by atoms with E-state index in [9.17, 15) is 9.59 Å². The monoisotopic (exact) mass is 231 g/mol. The van der Waals surface area contributed by atoms with Gasteiger partial charge in [0, 0.05) is 0 Å². The van der Waals surface area contributed by atoms with Gasteiger partial charge in [0.05, 0.1) is 6.21 Å². The number of rotatable bonds is 2. The number of imide groups is 1. The number of nitrogens with one attached hydrogen (secondary N) is 1. The fourth-order valence-corrected chi connectivity index (χ4v) is 1.63. The molecule has 0 bridgehead atoms. The number of carbonyl (C=O) groups excluding carboxylic acids is 2. The van der Waals surface area contributed by atoms with E-state index in [0.29, 0.717) is 0 Å². The third kappa shape index (κ3) is 2.50. The zero-order chi connectivity index (χ0) is 12.4. The second kappa shape index (κ2) is 4.37. The first-order valence-corrected chi connectivity index (χ1v) is 5.29. The first-order valence-electron chi connectivity index (χ1n) is 5.29. The van der Waals surface area contributed by atoms with Crippen LogP contribution in [0.2, 0.25) is 0 Å². The van der Waals surface area contributed by atoms with Crippen molar-refractivity contribution in [3.8, 4) is 0 Å². The Morgan fingerprint density at radius 1 is 1.35 bits per heavy atom. The van der Waals surface area contributed by atoms with Crippen molar-refractivity contribution in [2.75, 3.05) is 6.54 Å². The van der Waals surface area contributed by atoms with Crippen molar-refractivity contribution in [1.82, 2.24) is 10.3 Å². The minimum atomic E-state index is -0.476. The van der Waals surface area contributed by atoms with Gasteiger partial charge in [-0.15, -0.1) is 0 Å². The molecule has 0 atom stereocenters. The number of benzene rings is 1. The van der Waals surface area contributed by atoms with Crippen molar-refractivity contribution in [2.24, 2.45) is 5.10 Å². The minimum Gasteiger partial charge on any atom is -0.275 e. The van der Waals surface area contributed by atoms with E-state index in [1.54, 1.807) is 6.21 Å². The summed E-state index contributed by atoms with van der Waals surface area (Å²) in [5.74, 6) is -0.326. The van der Waals surface area contributed by atoms with Crippen LogP contribution in [0.15, 0.2) is 23.3 Å². The average Bonchev–Trinajstić information content (AvgIpc) is 2.56. The molecule has 0 spiro atoms. The predicted octanol–water partition coefficient (Wildman–Crippen LogP) is 1.19. The molecule has 1 aliphatic rings. The van der Waals surface area contributed by atoms with Gasteiger partial charge in [-0.25, -0.2) is 9.80 Å². The highest BCUT2D eigenvalue weighted by molar-refractivity contribution is 6.02. The standard InChI is InChI=1S/C12H13N3O2/c1-8-3-4-10(9(2)5-8)6-13-15-7-11(16)14-12(15)17/h3-6H,7H2,1-2H3,(H,14,16,17)/b13-6+. The van der Waals surface area contributed by atoms with Gasteiger partial charge < -0.3 is 0 Å². The highest BCUT2D eigenvalue weighted by Crippen LogP contribution is 2.09. The first kappa shape index (κ1) is 11.3. The normalized spacial score (nSPS) is 15.8. The Balaban J connectivity index is 2.15. The van der Waals surface area contributed by atoms with Crippen molar-refractivity contribution in [3.63, 3.8) is 0 Å². The summed E-state index contributed by atoms with van der Waals surface area (Å²) >= 11 is 0. The fraction of sp³-hybridized carbons (Fsp3) is 0.250. The number of hydrogen-bond acceptors (Lipinski definition) is 3. The molecule has 1 N–H and O–H groups in total. The third-order valence-electron chi connectivity index (χ3n) is 2.54. The summed E-state index contributed by atoms with van der Waals surface area (Å²) in [5.41, 5.74) is 3.19. The summed E-state index contributed by atoms with van der Waals surface area (Å²) in [5, 5.41) is 7.26. The number of urea groups is 1. The van der Waals surface area contributed by atoms with Gasteiger partial charge in [-0.2, -0.15) is 5.10 Å². The average molecular weight is 231 g/mol. The second-order valence-electron chi connectivity index (χ2n) is 4.02. The lowest BCUT2D eigenvalue weighted by molar-refractivity contribution is -0.118. The first-order chi connectivity index (χ1) is 8.06. The minimum absolute atomic E-state index is 0.0136. The molecule has 1 fully saturated rings. The Labute approximate surface area is 99.1 Å². The van der Waals surface area contributed by atoms with E-state index in [1.165, 1.54) is 5.56 Å². The van der Waals surface area contributed by atoms with Gasteiger partial charge in [-0.3, -0.25) is 10.1 Å². The van der Waals surface area contributed by atoms with Crippen LogP contribution in [0.3, 0.4) is 0 Å². The number of hydrazone groups is 1. The van der Waals surface area contributed by atoms with E-state index in [1.807, 2.05) is 32.0 Å². The maximum atomic E-state index is 11.2. The van der Waals surface area contributed by atoms with Crippen LogP contribution in [0, 0.1) is 13.8 Å².